The maximum absolute atomic E-state index is 13.2. The van der Waals surface area contributed by atoms with E-state index in [4.69, 9.17) is 17.3 Å². The van der Waals surface area contributed by atoms with Gasteiger partial charge in [-0.05, 0) is 29.3 Å². The van der Waals surface area contributed by atoms with Crippen molar-refractivity contribution in [3.05, 3.63) is 46.3 Å². The molecule has 0 radical (unpaired) electrons. The minimum atomic E-state index is -4.58. The number of rotatable bonds is 3. The number of halogens is 6. The summed E-state index contributed by atoms with van der Waals surface area (Å²) in [6.45, 7) is 1.72. The van der Waals surface area contributed by atoms with Gasteiger partial charge in [0.15, 0.2) is 0 Å². The maximum Gasteiger partial charge on any atom is 0.416 e. The highest BCUT2D eigenvalue weighted by Gasteiger charge is 2.31. The third-order valence-corrected chi connectivity index (χ3v) is 2.96. The van der Waals surface area contributed by atoms with Gasteiger partial charge in [0.1, 0.15) is 5.82 Å². The summed E-state index contributed by atoms with van der Waals surface area (Å²) >= 11 is 5.52. The average Bonchev–Trinajstić information content (AvgIpc) is 2.28. The summed E-state index contributed by atoms with van der Waals surface area (Å²) in [4.78, 5) is 0. The van der Waals surface area contributed by atoms with Gasteiger partial charge in [-0.2, -0.15) is 13.2 Å². The molecule has 0 amide bonds. The van der Waals surface area contributed by atoms with Gasteiger partial charge in [0.05, 0.1) is 5.56 Å². The molecule has 0 spiro atoms. The molecule has 0 aromatic heterocycles. The molecule has 1 rings (SSSR count). The number of nitrogens with two attached hydrogens (primary N) is 1. The number of alkyl halides is 3. The highest BCUT2D eigenvalue weighted by atomic mass is 35.5. The predicted octanol–water partition coefficient (Wildman–Crippen LogP) is 4.45. The fraction of sp³-hybridized carbons (Fsp3) is 0.333. The van der Waals surface area contributed by atoms with Crippen molar-refractivity contribution in [1.29, 1.82) is 0 Å². The van der Waals surface area contributed by atoms with E-state index < -0.39 is 23.5 Å². The number of hydrogen-bond donors (Lipinski definition) is 1. The molecule has 0 saturated heterocycles. The van der Waals surface area contributed by atoms with E-state index in [1.54, 1.807) is 6.92 Å². The first-order valence-corrected chi connectivity index (χ1v) is 5.60. The first-order valence-electron chi connectivity index (χ1n) is 5.16. The third kappa shape index (κ3) is 4.67. The van der Waals surface area contributed by atoms with Crippen molar-refractivity contribution in [1.82, 2.24) is 0 Å². The summed E-state index contributed by atoms with van der Waals surface area (Å²) in [7, 11) is 0. The molecule has 0 aliphatic heterocycles. The van der Waals surface area contributed by atoms with E-state index in [0.29, 0.717) is 11.6 Å². The van der Waals surface area contributed by atoms with E-state index in [9.17, 15) is 17.6 Å². The Morgan fingerprint density at radius 1 is 1.37 bits per heavy atom. The highest BCUT2D eigenvalue weighted by molar-refractivity contribution is 6.25. The second-order valence-corrected chi connectivity index (χ2v) is 4.10. The van der Waals surface area contributed by atoms with Gasteiger partial charge in [-0.15, -0.1) is 12.4 Å². The SMILES string of the molecule is CC(C(=CCl)CN)c1cc(F)cc(C(F)(F)F)c1.Cl. The second-order valence-electron chi connectivity index (χ2n) is 3.88. The Labute approximate surface area is 119 Å². The van der Waals surface area contributed by atoms with Crippen LogP contribution < -0.4 is 5.73 Å². The molecule has 7 heteroatoms. The van der Waals surface area contributed by atoms with Gasteiger partial charge >= 0.3 is 6.18 Å². The normalized spacial score (nSPS) is 13.9. The fourth-order valence-corrected chi connectivity index (χ4v) is 1.83. The summed E-state index contributed by atoms with van der Waals surface area (Å²) in [6.07, 6.45) is -4.58. The largest absolute Gasteiger partial charge is 0.416 e. The topological polar surface area (TPSA) is 26.0 Å². The minimum Gasteiger partial charge on any atom is -0.327 e. The van der Waals surface area contributed by atoms with Crippen molar-refractivity contribution >= 4 is 24.0 Å². The van der Waals surface area contributed by atoms with Gasteiger partial charge < -0.3 is 5.73 Å². The monoisotopic (exact) mass is 317 g/mol. The van der Waals surface area contributed by atoms with E-state index in [0.717, 1.165) is 12.1 Å². The Morgan fingerprint density at radius 2 is 1.95 bits per heavy atom. The maximum atomic E-state index is 13.2. The molecule has 1 unspecified atom stereocenters. The number of benzene rings is 1. The molecule has 0 heterocycles. The molecule has 19 heavy (non-hydrogen) atoms. The van der Waals surface area contributed by atoms with Crippen molar-refractivity contribution in [2.24, 2.45) is 5.73 Å². The van der Waals surface area contributed by atoms with Crippen LogP contribution in [0.3, 0.4) is 0 Å². The summed E-state index contributed by atoms with van der Waals surface area (Å²) in [5.74, 6) is -1.40. The van der Waals surface area contributed by atoms with Gasteiger partial charge in [-0.3, -0.25) is 0 Å². The molecular weight excluding hydrogens is 305 g/mol. The lowest BCUT2D eigenvalue weighted by molar-refractivity contribution is -0.137. The first-order chi connectivity index (χ1) is 8.29. The van der Waals surface area contributed by atoms with E-state index in [1.165, 1.54) is 5.54 Å². The summed E-state index contributed by atoms with van der Waals surface area (Å²) in [6, 6.07) is 2.42. The van der Waals surface area contributed by atoms with Crippen LogP contribution in [-0.4, -0.2) is 6.54 Å². The van der Waals surface area contributed by atoms with E-state index in [-0.39, 0.29) is 24.5 Å². The van der Waals surface area contributed by atoms with E-state index in [1.807, 2.05) is 0 Å². The lowest BCUT2D eigenvalue weighted by Crippen LogP contribution is -2.11. The number of hydrogen-bond acceptors (Lipinski definition) is 1. The Morgan fingerprint density at radius 3 is 2.37 bits per heavy atom. The van der Waals surface area contributed by atoms with Crippen molar-refractivity contribution < 1.29 is 17.6 Å². The van der Waals surface area contributed by atoms with Crippen LogP contribution in [0, 0.1) is 5.82 Å². The molecular formula is C12H13Cl2F4N. The van der Waals surface area contributed by atoms with Crippen LogP contribution in [0.5, 0.6) is 0 Å². The smallest absolute Gasteiger partial charge is 0.327 e. The third-order valence-electron chi connectivity index (χ3n) is 2.68. The Balaban J connectivity index is 0.00000324. The highest BCUT2D eigenvalue weighted by Crippen LogP contribution is 2.33. The van der Waals surface area contributed by atoms with Gasteiger partial charge in [0, 0.05) is 18.0 Å². The molecule has 0 aliphatic carbocycles. The van der Waals surface area contributed by atoms with Gasteiger partial charge in [0.2, 0.25) is 0 Å². The fourth-order valence-electron chi connectivity index (χ4n) is 1.56. The molecule has 1 nitrogen and oxygen atoms in total. The zero-order valence-corrected chi connectivity index (χ0v) is 11.5. The molecule has 0 aliphatic rings. The van der Waals surface area contributed by atoms with Crippen LogP contribution in [0.4, 0.5) is 17.6 Å². The molecule has 1 atom stereocenters. The molecule has 0 saturated carbocycles. The standard InChI is InChI=1S/C12H12ClF4N.ClH/c1-7(9(5-13)6-18)8-2-10(12(15,16)17)4-11(14)3-8;/h2-5,7H,6,18H2,1H3;1H. The van der Waals surface area contributed by atoms with Crippen LogP contribution >= 0.6 is 24.0 Å². The van der Waals surface area contributed by atoms with Gasteiger partial charge in [0.25, 0.3) is 0 Å². The van der Waals surface area contributed by atoms with Crippen LogP contribution in [0.1, 0.15) is 24.0 Å². The predicted molar refractivity (Wildman–Crippen MR) is 70.1 cm³/mol. The molecule has 2 N–H and O–H groups in total. The van der Waals surface area contributed by atoms with Crippen LogP contribution in [0.25, 0.3) is 0 Å². The molecule has 1 aromatic carbocycles. The Kier molecular flexibility index (Phi) is 6.83. The molecule has 0 fully saturated rings. The average molecular weight is 318 g/mol. The van der Waals surface area contributed by atoms with Crippen molar-refractivity contribution in [2.45, 2.75) is 19.0 Å². The lowest BCUT2D eigenvalue weighted by Gasteiger charge is -2.16. The Hall–Kier alpha value is -0.780. The second kappa shape index (κ2) is 7.12. The molecule has 0 bridgehead atoms. The van der Waals surface area contributed by atoms with Crippen LogP contribution in [-0.2, 0) is 6.18 Å². The minimum absolute atomic E-state index is 0. The van der Waals surface area contributed by atoms with Gasteiger partial charge in [-0.1, -0.05) is 18.5 Å². The van der Waals surface area contributed by atoms with Crippen molar-refractivity contribution in [3.8, 4) is 0 Å². The Bertz CT molecular complexity index is 458. The first kappa shape index (κ1) is 18.2. The molecule has 108 valence electrons. The van der Waals surface area contributed by atoms with Crippen molar-refractivity contribution in [2.75, 3.05) is 6.54 Å². The molecule has 1 aromatic rings. The van der Waals surface area contributed by atoms with Gasteiger partial charge in [-0.25, -0.2) is 4.39 Å². The van der Waals surface area contributed by atoms with E-state index >= 15 is 0 Å². The quantitative estimate of drug-likeness (QED) is 0.819. The zero-order valence-electron chi connectivity index (χ0n) is 9.97. The van der Waals surface area contributed by atoms with Crippen LogP contribution in [0.15, 0.2) is 29.3 Å². The zero-order chi connectivity index (χ0) is 13.9. The van der Waals surface area contributed by atoms with E-state index in [2.05, 4.69) is 0 Å². The summed E-state index contributed by atoms with van der Waals surface area (Å²) < 4.78 is 50.8. The van der Waals surface area contributed by atoms with Crippen molar-refractivity contribution in [3.63, 3.8) is 0 Å². The summed E-state index contributed by atoms with van der Waals surface area (Å²) in [5.41, 5.74) is 6.34. The summed E-state index contributed by atoms with van der Waals surface area (Å²) in [5, 5.41) is 0. The lowest BCUT2D eigenvalue weighted by atomic mass is 9.92. The van der Waals surface area contributed by atoms with Crippen LogP contribution in [0.2, 0.25) is 0 Å².